The largest absolute Gasteiger partial charge is 0.0887 e. The smallest absolute Gasteiger partial charge is 0.0323 e. The molecule has 0 heteroatoms. The van der Waals surface area contributed by atoms with E-state index >= 15 is 0 Å². The minimum absolute atomic E-state index is 1.11. The lowest BCUT2D eigenvalue weighted by Gasteiger charge is -2.00. The van der Waals surface area contributed by atoms with Crippen molar-refractivity contribution in [1.29, 1.82) is 0 Å². The van der Waals surface area contributed by atoms with Crippen molar-refractivity contribution in [3.8, 4) is 0 Å². The van der Waals surface area contributed by atoms with Crippen LogP contribution in [-0.4, -0.2) is 0 Å². The fraction of sp³-hybridized carbons (Fsp3) is 0.750. The van der Waals surface area contributed by atoms with E-state index in [0.717, 1.165) is 6.42 Å². The first kappa shape index (κ1) is 11.7. The summed E-state index contributed by atoms with van der Waals surface area (Å²) >= 11 is 0. The zero-order valence-corrected chi connectivity index (χ0v) is 8.73. The monoisotopic (exact) mass is 167 g/mol. The van der Waals surface area contributed by atoms with Gasteiger partial charge in [-0.2, -0.15) is 0 Å². The highest BCUT2D eigenvalue weighted by Gasteiger charge is 1.90. The molecular formula is C12H23. The van der Waals surface area contributed by atoms with Gasteiger partial charge in [-0.1, -0.05) is 50.7 Å². The van der Waals surface area contributed by atoms with Gasteiger partial charge in [0, 0.05) is 0 Å². The lowest BCUT2D eigenvalue weighted by atomic mass is 10.1. The van der Waals surface area contributed by atoms with Gasteiger partial charge in [0.1, 0.15) is 0 Å². The Morgan fingerprint density at radius 1 is 1.08 bits per heavy atom. The number of hydrogen-bond donors (Lipinski definition) is 0. The molecule has 0 rings (SSSR count). The van der Waals surface area contributed by atoms with E-state index in [9.17, 15) is 0 Å². The molecule has 71 valence electrons. The van der Waals surface area contributed by atoms with E-state index in [1.165, 1.54) is 44.1 Å². The lowest BCUT2D eigenvalue weighted by Crippen LogP contribution is -1.80. The first-order valence-electron chi connectivity index (χ1n) is 5.22. The van der Waals surface area contributed by atoms with Gasteiger partial charge in [0.2, 0.25) is 0 Å². The number of hydrogen-bond acceptors (Lipinski definition) is 0. The molecule has 0 fully saturated rings. The van der Waals surface area contributed by atoms with Gasteiger partial charge in [-0.25, -0.2) is 0 Å². The van der Waals surface area contributed by atoms with Crippen molar-refractivity contribution in [3.05, 3.63) is 18.6 Å². The fourth-order valence-corrected chi connectivity index (χ4v) is 1.26. The van der Waals surface area contributed by atoms with E-state index in [0.29, 0.717) is 0 Å². The summed E-state index contributed by atoms with van der Waals surface area (Å²) in [5.74, 6) is 0. The highest BCUT2D eigenvalue weighted by molar-refractivity contribution is 4.94. The number of allylic oxidation sites excluding steroid dienone is 2. The van der Waals surface area contributed by atoms with Crippen LogP contribution in [0.4, 0.5) is 0 Å². The highest BCUT2D eigenvalue weighted by Crippen LogP contribution is 2.10. The fourth-order valence-electron chi connectivity index (χ4n) is 1.26. The quantitative estimate of drug-likeness (QED) is 0.386. The molecule has 0 aromatic heterocycles. The summed E-state index contributed by atoms with van der Waals surface area (Å²) in [6.45, 7) is 8.18. The van der Waals surface area contributed by atoms with Gasteiger partial charge in [-0.3, -0.25) is 0 Å². The molecule has 0 aromatic carbocycles. The Kier molecular flexibility index (Phi) is 8.64. The van der Waals surface area contributed by atoms with Crippen molar-refractivity contribution < 1.29 is 0 Å². The molecule has 0 N–H and O–H groups in total. The topological polar surface area (TPSA) is 0 Å². The summed E-state index contributed by atoms with van der Waals surface area (Å²) in [5, 5.41) is 0. The first-order valence-corrected chi connectivity index (χ1v) is 5.22. The van der Waals surface area contributed by atoms with E-state index in [4.69, 9.17) is 0 Å². The Hall–Kier alpha value is -0.260. The van der Waals surface area contributed by atoms with Crippen LogP contribution in [0.5, 0.6) is 0 Å². The molecular weight excluding hydrogens is 144 g/mol. The Labute approximate surface area is 78.1 Å². The SMILES string of the molecule is [CH2]CCCCCCCC(C)=CC. The molecule has 0 atom stereocenters. The molecule has 0 aromatic rings. The normalized spacial score (nSPS) is 12.1. The molecule has 12 heavy (non-hydrogen) atoms. The molecule has 0 unspecified atom stereocenters. The Balaban J connectivity index is 3.00. The molecule has 0 heterocycles. The highest BCUT2D eigenvalue weighted by atomic mass is 14.0. The van der Waals surface area contributed by atoms with Gasteiger partial charge in [-0.05, 0) is 26.7 Å². The lowest BCUT2D eigenvalue weighted by molar-refractivity contribution is 0.615. The van der Waals surface area contributed by atoms with Gasteiger partial charge in [0.15, 0.2) is 0 Å². The average Bonchev–Trinajstić information content (AvgIpc) is 2.10. The van der Waals surface area contributed by atoms with Crippen molar-refractivity contribution in [2.45, 2.75) is 58.8 Å². The third-order valence-corrected chi connectivity index (χ3v) is 2.31. The zero-order chi connectivity index (χ0) is 9.23. The van der Waals surface area contributed by atoms with Crippen LogP contribution in [0.3, 0.4) is 0 Å². The van der Waals surface area contributed by atoms with Crippen molar-refractivity contribution in [3.63, 3.8) is 0 Å². The maximum absolute atomic E-state index is 3.84. The second-order valence-electron chi connectivity index (χ2n) is 3.51. The maximum Gasteiger partial charge on any atom is -0.0323 e. The van der Waals surface area contributed by atoms with Gasteiger partial charge in [-0.15, -0.1) is 0 Å². The standard InChI is InChI=1S/C12H23/c1-4-6-7-8-9-10-11-12(3)5-2/h5H,1,4,6-11H2,2-3H3. The van der Waals surface area contributed by atoms with Crippen LogP contribution in [0.25, 0.3) is 0 Å². The van der Waals surface area contributed by atoms with Crippen molar-refractivity contribution in [2.24, 2.45) is 0 Å². The molecule has 0 aliphatic rings. The van der Waals surface area contributed by atoms with Crippen LogP contribution in [0.2, 0.25) is 0 Å². The third kappa shape index (κ3) is 7.84. The summed E-state index contributed by atoms with van der Waals surface area (Å²) in [5.41, 5.74) is 1.53. The molecule has 0 aliphatic carbocycles. The molecule has 0 aliphatic heterocycles. The second kappa shape index (κ2) is 8.83. The molecule has 0 spiro atoms. The predicted octanol–water partition coefficient (Wildman–Crippen LogP) is 4.52. The van der Waals surface area contributed by atoms with Gasteiger partial charge < -0.3 is 0 Å². The van der Waals surface area contributed by atoms with Crippen LogP contribution in [0.15, 0.2) is 11.6 Å². The van der Waals surface area contributed by atoms with Crippen molar-refractivity contribution in [1.82, 2.24) is 0 Å². The molecule has 1 radical (unpaired) electrons. The van der Waals surface area contributed by atoms with Gasteiger partial charge in [0.05, 0.1) is 0 Å². The van der Waals surface area contributed by atoms with Crippen LogP contribution in [0.1, 0.15) is 58.8 Å². The number of unbranched alkanes of at least 4 members (excludes halogenated alkanes) is 5. The third-order valence-electron chi connectivity index (χ3n) is 2.31. The molecule has 0 nitrogen and oxygen atoms in total. The van der Waals surface area contributed by atoms with E-state index < -0.39 is 0 Å². The van der Waals surface area contributed by atoms with Crippen molar-refractivity contribution >= 4 is 0 Å². The summed E-state index contributed by atoms with van der Waals surface area (Å²) < 4.78 is 0. The Morgan fingerprint density at radius 2 is 1.67 bits per heavy atom. The molecule has 0 bridgehead atoms. The van der Waals surface area contributed by atoms with Crippen LogP contribution >= 0.6 is 0 Å². The zero-order valence-electron chi connectivity index (χ0n) is 8.73. The van der Waals surface area contributed by atoms with E-state index in [1.807, 2.05) is 0 Å². The Bertz CT molecular complexity index is 111. The molecule has 0 amide bonds. The van der Waals surface area contributed by atoms with Crippen LogP contribution < -0.4 is 0 Å². The Morgan fingerprint density at radius 3 is 2.25 bits per heavy atom. The second-order valence-corrected chi connectivity index (χ2v) is 3.51. The predicted molar refractivity (Wildman–Crippen MR) is 57.1 cm³/mol. The molecule has 0 saturated carbocycles. The van der Waals surface area contributed by atoms with Crippen LogP contribution in [-0.2, 0) is 0 Å². The summed E-state index contributed by atoms with van der Waals surface area (Å²) in [6, 6.07) is 0. The summed E-state index contributed by atoms with van der Waals surface area (Å²) in [6.07, 6.45) is 11.5. The number of rotatable bonds is 7. The van der Waals surface area contributed by atoms with Crippen molar-refractivity contribution in [2.75, 3.05) is 0 Å². The van der Waals surface area contributed by atoms with E-state index in [-0.39, 0.29) is 0 Å². The average molecular weight is 167 g/mol. The van der Waals surface area contributed by atoms with Gasteiger partial charge >= 0.3 is 0 Å². The molecule has 0 saturated heterocycles. The van der Waals surface area contributed by atoms with Crippen LogP contribution in [0, 0.1) is 6.92 Å². The first-order chi connectivity index (χ1) is 5.81. The minimum Gasteiger partial charge on any atom is -0.0887 e. The minimum atomic E-state index is 1.11. The summed E-state index contributed by atoms with van der Waals surface area (Å²) in [7, 11) is 0. The summed E-state index contributed by atoms with van der Waals surface area (Å²) in [4.78, 5) is 0. The van der Waals surface area contributed by atoms with E-state index in [1.54, 1.807) is 0 Å². The van der Waals surface area contributed by atoms with E-state index in [2.05, 4.69) is 26.8 Å². The van der Waals surface area contributed by atoms with Gasteiger partial charge in [0.25, 0.3) is 0 Å². The maximum atomic E-state index is 3.84.